The molecule has 6 nitrogen and oxygen atoms in total. The van der Waals surface area contributed by atoms with Crippen molar-refractivity contribution in [3.05, 3.63) is 28.2 Å². The molecule has 0 radical (unpaired) electrons. The van der Waals surface area contributed by atoms with Crippen molar-refractivity contribution in [1.29, 1.82) is 0 Å². The lowest BCUT2D eigenvalue weighted by Gasteiger charge is -2.23. The Morgan fingerprint density at radius 3 is 2.78 bits per heavy atom. The smallest absolute Gasteiger partial charge is 0.339 e. The molecule has 0 bridgehead atoms. The van der Waals surface area contributed by atoms with Crippen LogP contribution in [0.2, 0.25) is 0 Å². The van der Waals surface area contributed by atoms with E-state index >= 15 is 0 Å². The number of esters is 1. The van der Waals surface area contributed by atoms with Crippen LogP contribution in [0.4, 0.5) is 0 Å². The number of likely N-dealkylation sites (N-methyl/N-ethyl adjacent to an activating group) is 1. The van der Waals surface area contributed by atoms with Crippen molar-refractivity contribution in [2.45, 2.75) is 30.8 Å². The van der Waals surface area contributed by atoms with Crippen LogP contribution in [-0.2, 0) is 19.5 Å². The number of nitrogens with zero attached hydrogens (tertiary/aromatic N) is 1. The number of methoxy groups -OCH3 is 1. The van der Waals surface area contributed by atoms with E-state index in [0.717, 1.165) is 12.8 Å². The van der Waals surface area contributed by atoms with Crippen LogP contribution in [-0.4, -0.2) is 51.6 Å². The third kappa shape index (κ3) is 4.12. The summed E-state index contributed by atoms with van der Waals surface area (Å²) in [6.45, 7) is 3.12. The van der Waals surface area contributed by atoms with Gasteiger partial charge in [-0.3, -0.25) is 0 Å². The molecule has 0 aromatic heterocycles. The van der Waals surface area contributed by atoms with E-state index in [4.69, 9.17) is 4.74 Å². The van der Waals surface area contributed by atoms with E-state index < -0.39 is 16.0 Å². The van der Waals surface area contributed by atoms with Crippen LogP contribution < -0.4 is 0 Å². The van der Waals surface area contributed by atoms with Gasteiger partial charge in [0.05, 0.1) is 23.7 Å². The summed E-state index contributed by atoms with van der Waals surface area (Å²) in [7, 11) is -2.44. The summed E-state index contributed by atoms with van der Waals surface area (Å²) in [5.74, 6) is -0.587. The second-order valence-corrected chi connectivity index (χ2v) is 8.02. The molecule has 1 aliphatic rings. The molecule has 1 aliphatic heterocycles. The van der Waals surface area contributed by atoms with Crippen LogP contribution in [0.15, 0.2) is 27.6 Å². The summed E-state index contributed by atoms with van der Waals surface area (Å²) in [6, 6.07) is 4.35. The highest BCUT2D eigenvalue weighted by Crippen LogP contribution is 2.25. The molecule has 1 heterocycles. The first-order chi connectivity index (χ1) is 10.9. The topological polar surface area (TPSA) is 72.9 Å². The van der Waals surface area contributed by atoms with Gasteiger partial charge in [0.15, 0.2) is 0 Å². The summed E-state index contributed by atoms with van der Waals surface area (Å²) < 4.78 is 37.7. The maximum atomic E-state index is 12.8. The average molecular weight is 406 g/mol. The molecule has 0 spiro atoms. The molecule has 0 aliphatic carbocycles. The number of hydrogen-bond acceptors (Lipinski definition) is 5. The van der Waals surface area contributed by atoms with Gasteiger partial charge in [-0.1, -0.05) is 6.92 Å². The summed E-state index contributed by atoms with van der Waals surface area (Å²) in [6.07, 6.45) is 1.74. The normalized spacial score (nSPS) is 18.3. The highest BCUT2D eigenvalue weighted by Gasteiger charge is 2.29. The molecule has 8 heteroatoms. The van der Waals surface area contributed by atoms with Crippen LogP contribution in [0.1, 0.15) is 30.1 Å². The molecule has 1 aromatic carbocycles. The van der Waals surface area contributed by atoms with Gasteiger partial charge in [0.1, 0.15) is 0 Å². The van der Waals surface area contributed by atoms with Crippen LogP contribution >= 0.6 is 15.9 Å². The zero-order valence-electron chi connectivity index (χ0n) is 13.1. The van der Waals surface area contributed by atoms with Crippen LogP contribution in [0.3, 0.4) is 0 Å². The minimum absolute atomic E-state index is 0.0692. The van der Waals surface area contributed by atoms with Crippen molar-refractivity contribution in [1.82, 2.24) is 4.31 Å². The fourth-order valence-electron chi connectivity index (χ4n) is 2.49. The minimum Gasteiger partial charge on any atom is -0.465 e. The van der Waals surface area contributed by atoms with Gasteiger partial charge >= 0.3 is 5.97 Å². The molecule has 2 rings (SSSR count). The quantitative estimate of drug-likeness (QED) is 0.679. The zero-order valence-corrected chi connectivity index (χ0v) is 15.5. The van der Waals surface area contributed by atoms with E-state index in [1.54, 1.807) is 13.0 Å². The molecule has 1 atom stereocenters. The fraction of sp³-hybridized carbons (Fsp3) is 0.533. The molecule has 1 saturated heterocycles. The van der Waals surface area contributed by atoms with Gasteiger partial charge in [0.25, 0.3) is 0 Å². The maximum absolute atomic E-state index is 12.8. The van der Waals surface area contributed by atoms with Crippen molar-refractivity contribution in [2.75, 3.05) is 26.8 Å². The Morgan fingerprint density at radius 2 is 2.22 bits per heavy atom. The van der Waals surface area contributed by atoms with E-state index in [9.17, 15) is 13.2 Å². The predicted octanol–water partition coefficient (Wildman–Crippen LogP) is 2.43. The van der Waals surface area contributed by atoms with Crippen molar-refractivity contribution in [3.63, 3.8) is 0 Å². The summed E-state index contributed by atoms with van der Waals surface area (Å²) in [5.41, 5.74) is 0.182. The Bertz CT molecular complexity index is 670. The lowest BCUT2D eigenvalue weighted by molar-refractivity contribution is 0.0599. The van der Waals surface area contributed by atoms with Crippen molar-refractivity contribution >= 4 is 31.9 Å². The highest BCUT2D eigenvalue weighted by molar-refractivity contribution is 9.10. The first-order valence-electron chi connectivity index (χ1n) is 7.39. The number of benzene rings is 1. The van der Waals surface area contributed by atoms with Gasteiger partial charge in [-0.15, -0.1) is 0 Å². The van der Waals surface area contributed by atoms with Crippen molar-refractivity contribution in [3.8, 4) is 0 Å². The first kappa shape index (κ1) is 18.4. The van der Waals surface area contributed by atoms with Gasteiger partial charge in [0.2, 0.25) is 10.0 Å². The lowest BCUT2D eigenvalue weighted by atomic mass is 10.2. The molecule has 0 amide bonds. The number of hydrogen-bond donors (Lipinski definition) is 0. The van der Waals surface area contributed by atoms with Gasteiger partial charge in [0, 0.05) is 24.2 Å². The highest BCUT2D eigenvalue weighted by atomic mass is 79.9. The second-order valence-electron chi connectivity index (χ2n) is 5.22. The summed E-state index contributed by atoms with van der Waals surface area (Å²) in [4.78, 5) is 11.8. The molecule has 1 fully saturated rings. The SMILES string of the molecule is CCN(CC1CCCO1)S(=O)(=O)c1ccc(Br)c(C(=O)OC)c1. The molecule has 128 valence electrons. The number of carbonyl (C=O) groups excluding carboxylic acids is 1. The number of ether oxygens (including phenoxy) is 2. The average Bonchev–Trinajstić information content (AvgIpc) is 3.05. The van der Waals surface area contributed by atoms with Gasteiger partial charge < -0.3 is 9.47 Å². The number of rotatable bonds is 6. The summed E-state index contributed by atoms with van der Waals surface area (Å²) in [5, 5.41) is 0. The number of sulfonamides is 1. The van der Waals surface area contributed by atoms with Gasteiger partial charge in [-0.2, -0.15) is 4.31 Å². The summed E-state index contributed by atoms with van der Waals surface area (Å²) >= 11 is 3.23. The zero-order chi connectivity index (χ0) is 17.0. The Balaban J connectivity index is 2.31. The van der Waals surface area contributed by atoms with E-state index in [2.05, 4.69) is 20.7 Å². The molecule has 0 N–H and O–H groups in total. The Labute approximate surface area is 144 Å². The first-order valence-corrected chi connectivity index (χ1v) is 9.63. The fourth-order valence-corrected chi connectivity index (χ4v) is 4.41. The second kappa shape index (κ2) is 7.74. The van der Waals surface area contributed by atoms with Crippen molar-refractivity contribution in [2.24, 2.45) is 0 Å². The third-order valence-electron chi connectivity index (χ3n) is 3.76. The molecule has 23 heavy (non-hydrogen) atoms. The van der Waals surface area contributed by atoms with E-state index in [-0.39, 0.29) is 16.6 Å². The van der Waals surface area contributed by atoms with E-state index in [0.29, 0.717) is 24.2 Å². The van der Waals surface area contributed by atoms with Gasteiger partial charge in [-0.25, -0.2) is 13.2 Å². The van der Waals surface area contributed by atoms with Crippen molar-refractivity contribution < 1.29 is 22.7 Å². The molecule has 0 saturated carbocycles. The molecule has 1 aromatic rings. The molecular weight excluding hydrogens is 386 g/mol. The van der Waals surface area contributed by atoms with E-state index in [1.165, 1.54) is 23.5 Å². The monoisotopic (exact) mass is 405 g/mol. The standard InChI is InChI=1S/C15H20BrNO5S/c1-3-17(10-11-5-4-8-22-11)23(19,20)12-6-7-14(16)13(9-12)15(18)21-2/h6-7,9,11H,3-5,8,10H2,1-2H3. The maximum Gasteiger partial charge on any atom is 0.339 e. The Morgan fingerprint density at radius 1 is 1.48 bits per heavy atom. The third-order valence-corrected chi connectivity index (χ3v) is 6.39. The predicted molar refractivity (Wildman–Crippen MR) is 88.9 cm³/mol. The molecule has 1 unspecified atom stereocenters. The van der Waals surface area contributed by atoms with Gasteiger partial charge in [-0.05, 0) is 47.0 Å². The van der Waals surface area contributed by atoms with Crippen LogP contribution in [0, 0.1) is 0 Å². The Hall–Kier alpha value is -0.960. The largest absolute Gasteiger partial charge is 0.465 e. The number of halogens is 1. The van der Waals surface area contributed by atoms with Crippen LogP contribution in [0.5, 0.6) is 0 Å². The minimum atomic E-state index is -3.69. The van der Waals surface area contributed by atoms with E-state index in [1.807, 2.05) is 0 Å². The van der Waals surface area contributed by atoms with Crippen LogP contribution in [0.25, 0.3) is 0 Å². The molecular formula is C15H20BrNO5S. The lowest BCUT2D eigenvalue weighted by Crippen LogP contribution is -2.37. The number of carbonyl (C=O) groups is 1. The Kier molecular flexibility index (Phi) is 6.19.